The van der Waals surface area contributed by atoms with Gasteiger partial charge in [-0.25, -0.2) is 0 Å². The summed E-state index contributed by atoms with van der Waals surface area (Å²) in [6.07, 6.45) is 2.81. The Labute approximate surface area is 182 Å². The molecule has 0 aliphatic rings. The number of hydrogen-bond donors (Lipinski definition) is 1. The van der Waals surface area contributed by atoms with Crippen LogP contribution in [0.25, 0.3) is 10.9 Å². The second kappa shape index (κ2) is 9.29. The molecule has 0 fully saturated rings. The highest BCUT2D eigenvalue weighted by molar-refractivity contribution is 6.30. The van der Waals surface area contributed by atoms with E-state index in [-0.39, 0.29) is 5.78 Å². The van der Waals surface area contributed by atoms with Crippen molar-refractivity contribution in [1.29, 1.82) is 0 Å². The number of ketones is 1. The first kappa shape index (κ1) is 20.4. The highest BCUT2D eigenvalue weighted by Crippen LogP contribution is 2.27. The van der Waals surface area contributed by atoms with Gasteiger partial charge in [0.15, 0.2) is 5.78 Å². The van der Waals surface area contributed by atoms with Crippen molar-refractivity contribution in [2.24, 2.45) is 0 Å². The maximum atomic E-state index is 13.7. The lowest BCUT2D eigenvalue weighted by atomic mass is 9.96. The van der Waals surface area contributed by atoms with Crippen LogP contribution in [-0.4, -0.2) is 16.9 Å². The fourth-order valence-electron chi connectivity index (χ4n) is 3.88. The van der Waals surface area contributed by atoms with Crippen molar-refractivity contribution in [3.63, 3.8) is 0 Å². The normalized spacial score (nSPS) is 12.2. The maximum absolute atomic E-state index is 13.7. The summed E-state index contributed by atoms with van der Waals surface area (Å²) in [7, 11) is 0. The van der Waals surface area contributed by atoms with Crippen molar-refractivity contribution in [1.82, 2.24) is 9.88 Å². The van der Waals surface area contributed by atoms with Crippen LogP contribution in [0.5, 0.6) is 0 Å². The average Bonchev–Trinajstić information content (AvgIpc) is 3.17. The number of para-hydroxylation sites is 1. The lowest BCUT2D eigenvalue weighted by molar-refractivity contribution is 0.0944. The molecular formula is C26H25ClN2O. The number of aryl methyl sites for hydroxylation is 1. The smallest absolute Gasteiger partial charge is 0.186 e. The zero-order valence-electron chi connectivity index (χ0n) is 17.0. The molecule has 1 N–H and O–H groups in total. The van der Waals surface area contributed by atoms with E-state index < -0.39 is 6.04 Å². The molecule has 1 heterocycles. The fourth-order valence-corrected chi connectivity index (χ4v) is 4.01. The Morgan fingerprint density at radius 3 is 2.40 bits per heavy atom. The molecule has 0 aliphatic heterocycles. The minimum absolute atomic E-state index is 0.0979. The highest BCUT2D eigenvalue weighted by Gasteiger charge is 2.24. The molecule has 1 aromatic heterocycles. The van der Waals surface area contributed by atoms with E-state index in [1.165, 1.54) is 5.56 Å². The van der Waals surface area contributed by atoms with Gasteiger partial charge in [0.2, 0.25) is 0 Å². The van der Waals surface area contributed by atoms with Crippen LogP contribution in [0, 0.1) is 0 Å². The zero-order chi connectivity index (χ0) is 20.9. The van der Waals surface area contributed by atoms with Crippen LogP contribution in [0.1, 0.15) is 34.5 Å². The van der Waals surface area contributed by atoms with Gasteiger partial charge in [0.25, 0.3) is 0 Å². The Balaban J connectivity index is 1.61. The molecule has 30 heavy (non-hydrogen) atoms. The third kappa shape index (κ3) is 4.33. The van der Waals surface area contributed by atoms with Crippen molar-refractivity contribution in [3.8, 4) is 0 Å². The zero-order valence-corrected chi connectivity index (χ0v) is 17.8. The summed E-state index contributed by atoms with van der Waals surface area (Å²) < 4.78 is 2.14. The topological polar surface area (TPSA) is 34.0 Å². The molecule has 4 heteroatoms. The molecule has 0 radical (unpaired) electrons. The van der Waals surface area contributed by atoms with Gasteiger partial charge >= 0.3 is 0 Å². The van der Waals surface area contributed by atoms with Gasteiger partial charge in [-0.15, -0.1) is 0 Å². The molecule has 0 saturated carbocycles. The van der Waals surface area contributed by atoms with Gasteiger partial charge < -0.3 is 9.88 Å². The summed E-state index contributed by atoms with van der Waals surface area (Å²) in [4.78, 5) is 13.7. The molecule has 4 rings (SSSR count). The molecule has 1 atom stereocenters. The van der Waals surface area contributed by atoms with Gasteiger partial charge in [-0.1, -0.05) is 72.3 Å². The van der Waals surface area contributed by atoms with Crippen LogP contribution < -0.4 is 5.32 Å². The third-order valence-electron chi connectivity index (χ3n) is 5.47. The first-order valence-corrected chi connectivity index (χ1v) is 10.7. The Hall–Kier alpha value is -2.88. The Morgan fingerprint density at radius 2 is 1.67 bits per heavy atom. The van der Waals surface area contributed by atoms with Gasteiger partial charge in [0, 0.05) is 40.8 Å². The molecule has 0 spiro atoms. The van der Waals surface area contributed by atoms with Gasteiger partial charge in [0.05, 0.1) is 6.04 Å². The van der Waals surface area contributed by atoms with Gasteiger partial charge in [-0.3, -0.25) is 4.79 Å². The number of aromatic nitrogens is 1. The molecule has 3 aromatic carbocycles. The predicted molar refractivity (Wildman–Crippen MR) is 124 cm³/mol. The van der Waals surface area contributed by atoms with E-state index >= 15 is 0 Å². The number of halogens is 1. The number of carbonyl (C=O) groups excluding carboxylic acids is 1. The minimum Gasteiger partial charge on any atom is -0.347 e. The van der Waals surface area contributed by atoms with Crippen molar-refractivity contribution in [2.75, 3.05) is 6.54 Å². The number of Topliss-reactive ketones (excluding diaryl/α,β-unsaturated/α-hetero) is 1. The van der Waals surface area contributed by atoms with Crippen LogP contribution in [0.15, 0.2) is 85.1 Å². The summed E-state index contributed by atoms with van der Waals surface area (Å²) in [6, 6.07) is 25.5. The van der Waals surface area contributed by atoms with Crippen LogP contribution >= 0.6 is 11.6 Å². The summed E-state index contributed by atoms with van der Waals surface area (Å²) in [6.45, 7) is 3.62. The minimum atomic E-state index is -0.394. The number of hydrogen-bond acceptors (Lipinski definition) is 2. The van der Waals surface area contributed by atoms with E-state index in [4.69, 9.17) is 11.6 Å². The van der Waals surface area contributed by atoms with Crippen LogP contribution in [-0.2, 0) is 13.0 Å². The SMILES string of the molecule is CCn1cc(C(=O)[C@H](NCCc2ccc(Cl)cc2)c2ccccc2)c2ccccc21. The van der Waals surface area contributed by atoms with Crippen molar-refractivity contribution in [2.45, 2.75) is 25.9 Å². The maximum Gasteiger partial charge on any atom is 0.186 e. The van der Waals surface area contributed by atoms with Crippen LogP contribution in [0.2, 0.25) is 5.02 Å². The lowest BCUT2D eigenvalue weighted by Gasteiger charge is -2.18. The quantitative estimate of drug-likeness (QED) is 0.353. The summed E-state index contributed by atoms with van der Waals surface area (Å²) >= 11 is 5.98. The lowest BCUT2D eigenvalue weighted by Crippen LogP contribution is -2.30. The van der Waals surface area contributed by atoms with Crippen molar-refractivity contribution in [3.05, 3.63) is 107 Å². The Morgan fingerprint density at radius 1 is 0.967 bits per heavy atom. The predicted octanol–water partition coefficient (Wildman–Crippen LogP) is 6.07. The fraction of sp³-hybridized carbons (Fsp3) is 0.192. The van der Waals surface area contributed by atoms with E-state index in [0.717, 1.165) is 40.0 Å². The molecule has 152 valence electrons. The number of nitrogens with zero attached hydrogens (tertiary/aromatic N) is 1. The van der Waals surface area contributed by atoms with Crippen molar-refractivity contribution >= 4 is 28.3 Å². The van der Waals surface area contributed by atoms with E-state index in [1.807, 2.05) is 79.0 Å². The molecule has 0 saturated heterocycles. The molecule has 0 bridgehead atoms. The Bertz CT molecular complexity index is 1130. The number of fused-ring (bicyclic) bond motifs is 1. The summed E-state index contributed by atoms with van der Waals surface area (Å²) in [5.74, 6) is 0.0979. The average molecular weight is 417 g/mol. The molecule has 0 amide bonds. The molecule has 0 unspecified atom stereocenters. The van der Waals surface area contributed by atoms with Gasteiger partial charge in [-0.05, 0) is 42.7 Å². The van der Waals surface area contributed by atoms with Crippen LogP contribution in [0.4, 0.5) is 0 Å². The van der Waals surface area contributed by atoms with Gasteiger partial charge in [0.1, 0.15) is 0 Å². The summed E-state index contributed by atoms with van der Waals surface area (Å²) in [5.41, 5.74) is 4.03. The third-order valence-corrected chi connectivity index (χ3v) is 5.72. The standard InChI is InChI=1S/C26H25ClN2O/c1-2-29-18-23(22-10-6-7-11-24(22)29)26(30)25(20-8-4-3-5-9-20)28-17-16-19-12-14-21(27)15-13-19/h3-15,18,25,28H,2,16-17H2,1H3/t25-/m1/s1. The number of carbonyl (C=O) groups is 1. The Kier molecular flexibility index (Phi) is 6.32. The highest BCUT2D eigenvalue weighted by atomic mass is 35.5. The van der Waals surface area contributed by atoms with E-state index in [2.05, 4.69) is 22.9 Å². The number of nitrogens with one attached hydrogen (secondary N) is 1. The van der Waals surface area contributed by atoms with E-state index in [1.54, 1.807) is 0 Å². The second-order valence-corrected chi connectivity index (χ2v) is 7.82. The summed E-state index contributed by atoms with van der Waals surface area (Å²) in [5, 5.41) is 5.23. The number of rotatable bonds is 8. The first-order chi connectivity index (χ1) is 14.7. The largest absolute Gasteiger partial charge is 0.347 e. The van der Waals surface area contributed by atoms with E-state index in [9.17, 15) is 4.79 Å². The van der Waals surface area contributed by atoms with E-state index in [0.29, 0.717) is 6.54 Å². The van der Waals surface area contributed by atoms with Crippen molar-refractivity contribution < 1.29 is 4.79 Å². The number of benzene rings is 3. The van der Waals surface area contributed by atoms with Crippen LogP contribution in [0.3, 0.4) is 0 Å². The van der Waals surface area contributed by atoms with Gasteiger partial charge in [-0.2, -0.15) is 0 Å². The molecule has 3 nitrogen and oxygen atoms in total. The molecule has 4 aromatic rings. The first-order valence-electron chi connectivity index (χ1n) is 10.3. The molecular weight excluding hydrogens is 392 g/mol. The molecule has 0 aliphatic carbocycles. The monoisotopic (exact) mass is 416 g/mol. The second-order valence-electron chi connectivity index (χ2n) is 7.38.